The quantitative estimate of drug-likeness (QED) is 0.530. The minimum Gasteiger partial charge on any atom is -0.450 e. The number of imide groups is 1. The second-order valence-corrected chi connectivity index (χ2v) is 8.42. The van der Waals surface area contributed by atoms with Gasteiger partial charge in [0.25, 0.3) is 5.91 Å². The normalized spacial score (nSPS) is 27.3. The SMILES string of the molecule is CCOC(=O)N1CCN(CC2=NC3C(C(=O)NC(=O)N3C)N2CCN2CCOCC2)CC1. The second kappa shape index (κ2) is 10.0. The number of hydrogen-bond donors (Lipinski definition) is 1. The zero-order chi connectivity index (χ0) is 22.7. The molecule has 3 saturated heterocycles. The molecule has 4 aliphatic heterocycles. The minimum atomic E-state index is -0.519. The number of likely N-dealkylation sites (N-methyl/N-ethyl adjacent to an activating group) is 1. The van der Waals surface area contributed by atoms with Crippen molar-refractivity contribution in [1.29, 1.82) is 0 Å². The number of fused-ring (bicyclic) bond motifs is 1. The first-order valence-corrected chi connectivity index (χ1v) is 11.3. The Kier molecular flexibility index (Phi) is 7.11. The molecule has 12 heteroatoms. The first-order chi connectivity index (χ1) is 15.5. The molecule has 2 unspecified atom stereocenters. The van der Waals surface area contributed by atoms with Crippen LogP contribution in [-0.2, 0) is 14.3 Å². The number of amidine groups is 1. The van der Waals surface area contributed by atoms with Gasteiger partial charge in [-0.2, -0.15) is 0 Å². The predicted molar refractivity (Wildman–Crippen MR) is 115 cm³/mol. The summed E-state index contributed by atoms with van der Waals surface area (Å²) in [4.78, 5) is 51.5. The number of rotatable bonds is 6. The molecule has 12 nitrogen and oxygen atoms in total. The number of aliphatic imine (C=N–C) groups is 1. The van der Waals surface area contributed by atoms with E-state index in [2.05, 4.69) is 20.0 Å². The Balaban J connectivity index is 1.42. The van der Waals surface area contributed by atoms with E-state index in [1.54, 1.807) is 18.9 Å². The molecule has 0 radical (unpaired) electrons. The van der Waals surface area contributed by atoms with Crippen LogP contribution < -0.4 is 5.32 Å². The summed E-state index contributed by atoms with van der Waals surface area (Å²) in [5, 5.41) is 2.45. The van der Waals surface area contributed by atoms with Crippen molar-refractivity contribution < 1.29 is 23.9 Å². The van der Waals surface area contributed by atoms with Crippen LogP contribution in [-0.4, -0.2) is 146 Å². The number of ether oxygens (including phenoxy) is 2. The van der Waals surface area contributed by atoms with Gasteiger partial charge in [-0.1, -0.05) is 0 Å². The maximum Gasteiger partial charge on any atom is 0.409 e. The zero-order valence-corrected chi connectivity index (χ0v) is 18.9. The van der Waals surface area contributed by atoms with Gasteiger partial charge in [0.15, 0.2) is 12.2 Å². The lowest BCUT2D eigenvalue weighted by Crippen LogP contribution is -2.64. The number of amides is 4. The molecule has 3 fully saturated rings. The van der Waals surface area contributed by atoms with Gasteiger partial charge in [0, 0.05) is 59.4 Å². The summed E-state index contributed by atoms with van der Waals surface area (Å²) in [5.41, 5.74) is 0. The number of piperazine rings is 1. The Morgan fingerprint density at radius 2 is 1.81 bits per heavy atom. The van der Waals surface area contributed by atoms with Gasteiger partial charge in [0.05, 0.1) is 26.4 Å². The van der Waals surface area contributed by atoms with Crippen LogP contribution in [0.3, 0.4) is 0 Å². The Hall–Kier alpha value is -2.44. The van der Waals surface area contributed by atoms with Gasteiger partial charge < -0.3 is 24.2 Å². The molecule has 4 amide bonds. The van der Waals surface area contributed by atoms with E-state index in [1.807, 2.05) is 0 Å². The van der Waals surface area contributed by atoms with Crippen molar-refractivity contribution in [3.05, 3.63) is 0 Å². The van der Waals surface area contributed by atoms with Gasteiger partial charge in [-0.15, -0.1) is 0 Å². The van der Waals surface area contributed by atoms with E-state index >= 15 is 0 Å². The topological polar surface area (TPSA) is 110 Å². The molecular formula is C20H33N7O5. The molecule has 0 aromatic carbocycles. The summed E-state index contributed by atoms with van der Waals surface area (Å²) in [7, 11) is 1.67. The van der Waals surface area contributed by atoms with E-state index in [1.165, 1.54) is 4.90 Å². The third kappa shape index (κ3) is 4.81. The number of carbonyl (C=O) groups is 3. The Morgan fingerprint density at radius 3 is 2.50 bits per heavy atom. The highest BCUT2D eigenvalue weighted by atomic mass is 16.6. The van der Waals surface area contributed by atoms with Crippen molar-refractivity contribution in [3.63, 3.8) is 0 Å². The lowest BCUT2D eigenvalue weighted by Gasteiger charge is -2.38. The number of morpholine rings is 1. The maximum absolute atomic E-state index is 12.7. The fraction of sp³-hybridized carbons (Fsp3) is 0.800. The fourth-order valence-corrected chi connectivity index (χ4v) is 4.56. The highest BCUT2D eigenvalue weighted by Gasteiger charge is 2.48. The molecule has 0 spiro atoms. The molecule has 0 bridgehead atoms. The Labute approximate surface area is 188 Å². The van der Waals surface area contributed by atoms with E-state index < -0.39 is 18.2 Å². The van der Waals surface area contributed by atoms with Crippen molar-refractivity contribution >= 4 is 23.9 Å². The van der Waals surface area contributed by atoms with Crippen LogP contribution in [0.2, 0.25) is 0 Å². The smallest absolute Gasteiger partial charge is 0.409 e. The first kappa shape index (κ1) is 22.7. The van der Waals surface area contributed by atoms with Gasteiger partial charge in [-0.25, -0.2) is 14.6 Å². The van der Waals surface area contributed by atoms with Gasteiger partial charge in [-0.05, 0) is 6.92 Å². The number of carbonyl (C=O) groups excluding carboxylic acids is 3. The minimum absolute atomic E-state index is 0.277. The highest BCUT2D eigenvalue weighted by molar-refractivity contribution is 6.04. The van der Waals surface area contributed by atoms with Crippen LogP contribution >= 0.6 is 0 Å². The average Bonchev–Trinajstić information content (AvgIpc) is 3.16. The molecule has 0 aliphatic carbocycles. The van der Waals surface area contributed by atoms with Crippen LogP contribution in [0.1, 0.15) is 6.92 Å². The molecule has 0 saturated carbocycles. The predicted octanol–water partition coefficient (Wildman–Crippen LogP) is -1.32. The number of urea groups is 1. The third-order valence-corrected chi connectivity index (χ3v) is 6.47. The molecular weight excluding hydrogens is 418 g/mol. The third-order valence-electron chi connectivity index (χ3n) is 6.47. The van der Waals surface area contributed by atoms with Crippen LogP contribution in [0, 0.1) is 0 Å². The van der Waals surface area contributed by atoms with E-state index in [0.29, 0.717) is 45.9 Å². The van der Waals surface area contributed by atoms with Crippen LogP contribution in [0.5, 0.6) is 0 Å². The Morgan fingerprint density at radius 1 is 1.09 bits per heavy atom. The van der Waals surface area contributed by atoms with Crippen molar-refractivity contribution in [3.8, 4) is 0 Å². The van der Waals surface area contributed by atoms with Gasteiger partial charge in [0.2, 0.25) is 0 Å². The van der Waals surface area contributed by atoms with Crippen molar-refractivity contribution in [2.75, 3.05) is 85.8 Å². The van der Waals surface area contributed by atoms with Crippen LogP contribution in [0.25, 0.3) is 0 Å². The summed E-state index contributed by atoms with van der Waals surface area (Å²) in [5.74, 6) is 0.514. The number of nitrogens with one attached hydrogen (secondary N) is 1. The van der Waals surface area contributed by atoms with E-state index in [4.69, 9.17) is 14.5 Å². The molecule has 1 N–H and O–H groups in total. The lowest BCUT2D eigenvalue weighted by molar-refractivity contribution is -0.127. The molecule has 0 aromatic rings. The molecule has 2 atom stereocenters. The monoisotopic (exact) mass is 451 g/mol. The summed E-state index contributed by atoms with van der Waals surface area (Å²) in [6, 6.07) is -0.938. The summed E-state index contributed by atoms with van der Waals surface area (Å²) in [6.45, 7) is 9.94. The van der Waals surface area contributed by atoms with E-state index in [0.717, 1.165) is 38.7 Å². The second-order valence-electron chi connectivity index (χ2n) is 8.42. The standard InChI is InChI=1S/C20H33N7O5/c1-3-32-20(30)26-7-4-25(5-8-26)14-15-21-17-16(18(28)22-19(29)23(17)2)27(15)9-6-24-10-12-31-13-11-24/h16-17H,3-14H2,1-2H3,(H,22,28,29). The molecule has 4 aliphatic rings. The van der Waals surface area contributed by atoms with Crippen molar-refractivity contribution in [2.24, 2.45) is 4.99 Å². The largest absolute Gasteiger partial charge is 0.450 e. The molecule has 4 heterocycles. The summed E-state index contributed by atoms with van der Waals surface area (Å²) >= 11 is 0. The first-order valence-electron chi connectivity index (χ1n) is 11.3. The maximum atomic E-state index is 12.7. The van der Waals surface area contributed by atoms with Gasteiger partial charge in [-0.3, -0.25) is 19.9 Å². The zero-order valence-electron chi connectivity index (χ0n) is 18.9. The lowest BCUT2D eigenvalue weighted by atomic mass is 10.1. The van der Waals surface area contributed by atoms with Crippen molar-refractivity contribution in [2.45, 2.75) is 19.1 Å². The Bertz CT molecular complexity index is 749. The number of nitrogens with zero attached hydrogens (tertiary/aromatic N) is 6. The van der Waals surface area contributed by atoms with Gasteiger partial charge >= 0.3 is 12.1 Å². The molecule has 32 heavy (non-hydrogen) atoms. The van der Waals surface area contributed by atoms with E-state index in [-0.39, 0.29) is 12.0 Å². The molecule has 0 aromatic heterocycles. The van der Waals surface area contributed by atoms with E-state index in [9.17, 15) is 14.4 Å². The highest BCUT2D eigenvalue weighted by Crippen LogP contribution is 2.24. The van der Waals surface area contributed by atoms with Crippen LogP contribution in [0.15, 0.2) is 4.99 Å². The number of hydrogen-bond acceptors (Lipinski definition) is 9. The van der Waals surface area contributed by atoms with Gasteiger partial charge in [0.1, 0.15) is 5.84 Å². The molecule has 4 rings (SSSR count). The fourth-order valence-electron chi connectivity index (χ4n) is 4.56. The van der Waals surface area contributed by atoms with Crippen molar-refractivity contribution in [1.82, 2.24) is 29.8 Å². The summed E-state index contributed by atoms with van der Waals surface area (Å²) < 4.78 is 10.5. The van der Waals surface area contributed by atoms with Crippen LogP contribution in [0.4, 0.5) is 9.59 Å². The average molecular weight is 452 g/mol. The molecule has 178 valence electrons. The summed E-state index contributed by atoms with van der Waals surface area (Å²) in [6.07, 6.45) is -0.794.